The highest BCUT2D eigenvalue weighted by Gasteiger charge is 2.21. The standard InChI is InChI=1S/C19H20N4O2/c1-4-5-6-25-13-7-11(2)16(12(3)8-13)17-14(9-20)18(22)23-19(24)15(17)10-21/h7-8H,4-6H2,1-3H3,(H3,22,23,24). The minimum Gasteiger partial charge on any atom is -0.494 e. The summed E-state index contributed by atoms with van der Waals surface area (Å²) in [6, 6.07) is 7.58. The maximum absolute atomic E-state index is 12.1. The molecule has 25 heavy (non-hydrogen) atoms. The van der Waals surface area contributed by atoms with Gasteiger partial charge in [-0.25, -0.2) is 0 Å². The lowest BCUT2D eigenvalue weighted by Gasteiger charge is -2.16. The highest BCUT2D eigenvalue weighted by molar-refractivity contribution is 5.84. The third-order valence-electron chi connectivity index (χ3n) is 3.99. The average Bonchev–Trinajstić information content (AvgIpc) is 2.54. The summed E-state index contributed by atoms with van der Waals surface area (Å²) in [5.74, 6) is 0.686. The topological polar surface area (TPSA) is 116 Å². The van der Waals surface area contributed by atoms with Gasteiger partial charge in [-0.15, -0.1) is 0 Å². The number of pyridine rings is 1. The van der Waals surface area contributed by atoms with Crippen LogP contribution in [0.5, 0.6) is 5.75 Å². The number of aromatic amines is 1. The van der Waals surface area contributed by atoms with Crippen molar-refractivity contribution in [1.29, 1.82) is 10.5 Å². The van der Waals surface area contributed by atoms with Crippen molar-refractivity contribution >= 4 is 5.82 Å². The van der Waals surface area contributed by atoms with Crippen LogP contribution in [0.3, 0.4) is 0 Å². The van der Waals surface area contributed by atoms with Gasteiger partial charge < -0.3 is 15.5 Å². The molecule has 1 aromatic carbocycles. The largest absolute Gasteiger partial charge is 0.494 e. The number of hydrogen-bond donors (Lipinski definition) is 2. The minimum absolute atomic E-state index is 0.0384. The first-order valence-electron chi connectivity index (χ1n) is 8.04. The van der Waals surface area contributed by atoms with Gasteiger partial charge in [0.15, 0.2) is 0 Å². The van der Waals surface area contributed by atoms with Gasteiger partial charge in [-0.3, -0.25) is 4.79 Å². The van der Waals surface area contributed by atoms with E-state index in [1.807, 2.05) is 38.1 Å². The average molecular weight is 336 g/mol. The Labute approximate surface area is 146 Å². The van der Waals surface area contributed by atoms with E-state index in [2.05, 4.69) is 11.9 Å². The van der Waals surface area contributed by atoms with E-state index in [9.17, 15) is 15.3 Å². The van der Waals surface area contributed by atoms with E-state index in [-0.39, 0.29) is 22.5 Å². The number of H-pyrrole nitrogens is 1. The van der Waals surface area contributed by atoms with Gasteiger partial charge in [0.25, 0.3) is 5.56 Å². The van der Waals surface area contributed by atoms with Gasteiger partial charge in [0.1, 0.15) is 34.8 Å². The van der Waals surface area contributed by atoms with Crippen LogP contribution in [0.15, 0.2) is 16.9 Å². The molecule has 6 nitrogen and oxygen atoms in total. The molecule has 2 aromatic rings. The molecule has 0 spiro atoms. The summed E-state index contributed by atoms with van der Waals surface area (Å²) >= 11 is 0. The minimum atomic E-state index is -0.601. The summed E-state index contributed by atoms with van der Waals surface area (Å²) in [4.78, 5) is 14.5. The Morgan fingerprint density at radius 2 is 1.72 bits per heavy atom. The van der Waals surface area contributed by atoms with Crippen molar-refractivity contribution in [1.82, 2.24) is 4.98 Å². The number of nitrogens with two attached hydrogens (primary N) is 1. The van der Waals surface area contributed by atoms with Gasteiger partial charge in [-0.05, 0) is 49.1 Å². The van der Waals surface area contributed by atoms with Crippen LogP contribution in [0.4, 0.5) is 5.82 Å². The molecule has 0 aliphatic carbocycles. The molecular weight excluding hydrogens is 316 g/mol. The van der Waals surface area contributed by atoms with Crippen molar-refractivity contribution in [3.63, 3.8) is 0 Å². The zero-order valence-corrected chi connectivity index (χ0v) is 14.6. The van der Waals surface area contributed by atoms with Crippen molar-refractivity contribution in [2.45, 2.75) is 33.6 Å². The van der Waals surface area contributed by atoms with E-state index in [1.54, 1.807) is 0 Å². The second-order valence-electron chi connectivity index (χ2n) is 5.85. The summed E-state index contributed by atoms with van der Waals surface area (Å²) in [6.07, 6.45) is 2.00. The molecule has 1 aromatic heterocycles. The number of nitriles is 2. The molecule has 1 heterocycles. The van der Waals surface area contributed by atoms with Crippen molar-refractivity contribution in [2.24, 2.45) is 0 Å². The van der Waals surface area contributed by atoms with Crippen molar-refractivity contribution in [3.05, 3.63) is 44.7 Å². The molecule has 0 amide bonds. The lowest BCUT2D eigenvalue weighted by atomic mass is 9.90. The fourth-order valence-corrected chi connectivity index (χ4v) is 2.83. The summed E-state index contributed by atoms with van der Waals surface area (Å²) in [5.41, 5.74) is 7.74. The van der Waals surface area contributed by atoms with Crippen LogP contribution in [0, 0.1) is 36.5 Å². The Hall–Kier alpha value is -3.25. The van der Waals surface area contributed by atoms with Gasteiger partial charge in [-0.2, -0.15) is 10.5 Å². The van der Waals surface area contributed by atoms with Gasteiger partial charge in [0.2, 0.25) is 0 Å². The number of aromatic nitrogens is 1. The second-order valence-corrected chi connectivity index (χ2v) is 5.85. The lowest BCUT2D eigenvalue weighted by Crippen LogP contribution is -2.17. The number of aryl methyl sites for hydroxylation is 2. The van der Waals surface area contributed by atoms with E-state index in [4.69, 9.17) is 10.5 Å². The number of nitrogens with zero attached hydrogens (tertiary/aromatic N) is 2. The quantitative estimate of drug-likeness (QED) is 0.814. The molecular formula is C19H20N4O2. The number of anilines is 1. The molecule has 0 radical (unpaired) electrons. The van der Waals surface area contributed by atoms with Crippen molar-refractivity contribution in [2.75, 3.05) is 12.3 Å². The van der Waals surface area contributed by atoms with E-state index in [0.29, 0.717) is 12.2 Å². The first kappa shape index (κ1) is 18.1. The molecule has 0 unspecified atom stereocenters. The maximum Gasteiger partial charge on any atom is 0.268 e. The Morgan fingerprint density at radius 1 is 1.12 bits per heavy atom. The smallest absolute Gasteiger partial charge is 0.268 e. The fourth-order valence-electron chi connectivity index (χ4n) is 2.83. The first-order valence-corrected chi connectivity index (χ1v) is 8.04. The fraction of sp³-hybridized carbons (Fsp3) is 0.316. The molecule has 0 atom stereocenters. The van der Waals surface area contributed by atoms with Crippen LogP contribution >= 0.6 is 0 Å². The zero-order valence-electron chi connectivity index (χ0n) is 14.6. The van der Waals surface area contributed by atoms with Crippen molar-refractivity contribution in [3.8, 4) is 29.0 Å². The number of rotatable bonds is 5. The molecule has 0 saturated carbocycles. The SMILES string of the molecule is CCCCOc1cc(C)c(-c2c(C#N)c(N)[nH]c(=O)c2C#N)c(C)c1. The number of nitrogens with one attached hydrogen (secondary N) is 1. The van der Waals surface area contributed by atoms with Crippen LogP contribution in [-0.4, -0.2) is 11.6 Å². The van der Waals surface area contributed by atoms with E-state index < -0.39 is 5.56 Å². The Balaban J connectivity index is 2.70. The number of benzene rings is 1. The van der Waals surface area contributed by atoms with E-state index in [0.717, 1.165) is 29.7 Å². The molecule has 2 rings (SSSR count). The lowest BCUT2D eigenvalue weighted by molar-refractivity contribution is 0.309. The van der Waals surface area contributed by atoms with Crippen LogP contribution in [0.1, 0.15) is 42.0 Å². The highest BCUT2D eigenvalue weighted by Crippen LogP contribution is 2.35. The molecule has 3 N–H and O–H groups in total. The van der Waals surface area contributed by atoms with Crippen LogP contribution in [0.2, 0.25) is 0 Å². The number of unbranched alkanes of at least 4 members (excludes halogenated alkanes) is 1. The van der Waals surface area contributed by atoms with Gasteiger partial charge >= 0.3 is 0 Å². The van der Waals surface area contributed by atoms with E-state index in [1.165, 1.54) is 0 Å². The van der Waals surface area contributed by atoms with Gasteiger partial charge in [-0.1, -0.05) is 13.3 Å². The molecule has 0 aliphatic rings. The van der Waals surface area contributed by atoms with E-state index >= 15 is 0 Å². The third-order valence-corrected chi connectivity index (χ3v) is 3.99. The van der Waals surface area contributed by atoms with Gasteiger partial charge in [0.05, 0.1) is 6.61 Å². The molecule has 0 aliphatic heterocycles. The summed E-state index contributed by atoms with van der Waals surface area (Å²) < 4.78 is 5.74. The Kier molecular flexibility index (Phi) is 5.46. The maximum atomic E-state index is 12.1. The number of hydrogen-bond acceptors (Lipinski definition) is 5. The number of nitrogen functional groups attached to an aromatic ring is 1. The molecule has 0 fully saturated rings. The Morgan fingerprint density at radius 3 is 2.24 bits per heavy atom. The van der Waals surface area contributed by atoms with Crippen LogP contribution in [-0.2, 0) is 0 Å². The van der Waals surface area contributed by atoms with Gasteiger partial charge in [0, 0.05) is 5.56 Å². The van der Waals surface area contributed by atoms with Crippen molar-refractivity contribution < 1.29 is 4.74 Å². The third kappa shape index (κ3) is 3.49. The number of ether oxygens (including phenoxy) is 1. The first-order chi connectivity index (χ1) is 11.9. The normalized spacial score (nSPS) is 10.1. The molecule has 0 bridgehead atoms. The predicted molar refractivity (Wildman–Crippen MR) is 96.2 cm³/mol. The molecule has 0 saturated heterocycles. The predicted octanol–water partition coefficient (Wildman–Crippen LogP) is 3.16. The van der Waals surface area contributed by atoms with Crippen LogP contribution < -0.4 is 16.0 Å². The highest BCUT2D eigenvalue weighted by atomic mass is 16.5. The molecule has 128 valence electrons. The van der Waals surface area contributed by atoms with Crippen LogP contribution in [0.25, 0.3) is 11.1 Å². The Bertz CT molecular complexity index is 923. The summed E-state index contributed by atoms with van der Waals surface area (Å²) in [6.45, 7) is 6.43. The summed E-state index contributed by atoms with van der Waals surface area (Å²) in [5, 5.41) is 18.9. The monoisotopic (exact) mass is 336 g/mol. The summed E-state index contributed by atoms with van der Waals surface area (Å²) in [7, 11) is 0. The molecule has 6 heteroatoms. The second kappa shape index (κ2) is 7.55. The zero-order chi connectivity index (χ0) is 18.6.